The van der Waals surface area contributed by atoms with Gasteiger partial charge in [0, 0.05) is 18.0 Å². The fourth-order valence-corrected chi connectivity index (χ4v) is 2.06. The zero-order valence-electron chi connectivity index (χ0n) is 13.5. The van der Waals surface area contributed by atoms with Crippen molar-refractivity contribution in [3.05, 3.63) is 71.3 Å². The molecule has 23 heavy (non-hydrogen) atoms. The molecule has 0 atom stereocenters. The van der Waals surface area contributed by atoms with E-state index in [0.717, 1.165) is 35.0 Å². The van der Waals surface area contributed by atoms with Crippen molar-refractivity contribution in [1.29, 1.82) is 0 Å². The summed E-state index contributed by atoms with van der Waals surface area (Å²) in [4.78, 5) is 2.15. The van der Waals surface area contributed by atoms with E-state index in [1.54, 1.807) is 0 Å². The van der Waals surface area contributed by atoms with Gasteiger partial charge >= 0.3 is 0 Å². The molecule has 0 aliphatic carbocycles. The summed E-state index contributed by atoms with van der Waals surface area (Å²) in [6.07, 6.45) is 5.01. The van der Waals surface area contributed by atoms with Gasteiger partial charge in [-0.15, -0.1) is 0 Å². The molecule has 1 N–H and O–H groups in total. The van der Waals surface area contributed by atoms with Gasteiger partial charge in [-0.1, -0.05) is 48.0 Å². The normalized spacial score (nSPS) is 12.1. The SMILES string of the molecule is CN(C)CCC(C=Cc1ccccc1)=NNc1ccc(Cl)cc1. The van der Waals surface area contributed by atoms with Crippen molar-refractivity contribution in [1.82, 2.24) is 4.90 Å². The second-order valence-corrected chi connectivity index (χ2v) is 5.96. The van der Waals surface area contributed by atoms with Crippen LogP contribution in [0.4, 0.5) is 5.69 Å². The molecule has 0 aliphatic heterocycles. The Balaban J connectivity index is 2.07. The predicted molar refractivity (Wildman–Crippen MR) is 101 cm³/mol. The number of rotatable bonds is 7. The molecule has 0 heterocycles. The molecule has 0 amide bonds. The third-order valence-corrected chi connectivity index (χ3v) is 3.51. The molecule has 0 unspecified atom stereocenters. The van der Waals surface area contributed by atoms with Crippen LogP contribution in [0, 0.1) is 0 Å². The quantitative estimate of drug-likeness (QED) is 0.585. The summed E-state index contributed by atoms with van der Waals surface area (Å²) in [5, 5.41) is 5.24. The van der Waals surface area contributed by atoms with Gasteiger partial charge in [-0.3, -0.25) is 5.43 Å². The number of nitrogens with zero attached hydrogens (tertiary/aromatic N) is 2. The molecule has 2 aromatic carbocycles. The van der Waals surface area contributed by atoms with Crippen LogP contribution < -0.4 is 5.43 Å². The Morgan fingerprint density at radius 2 is 1.78 bits per heavy atom. The molecule has 2 rings (SSSR count). The Morgan fingerprint density at radius 1 is 1.09 bits per heavy atom. The van der Waals surface area contributed by atoms with Crippen molar-refractivity contribution in [2.75, 3.05) is 26.1 Å². The van der Waals surface area contributed by atoms with Crippen molar-refractivity contribution >= 4 is 29.1 Å². The first kappa shape index (κ1) is 17.3. The van der Waals surface area contributed by atoms with Gasteiger partial charge in [0.05, 0.1) is 11.4 Å². The van der Waals surface area contributed by atoms with Crippen molar-refractivity contribution in [3.8, 4) is 0 Å². The summed E-state index contributed by atoms with van der Waals surface area (Å²) >= 11 is 5.90. The molecule has 3 nitrogen and oxygen atoms in total. The van der Waals surface area contributed by atoms with E-state index in [4.69, 9.17) is 11.6 Å². The van der Waals surface area contributed by atoms with E-state index >= 15 is 0 Å². The highest BCUT2D eigenvalue weighted by molar-refractivity contribution is 6.30. The topological polar surface area (TPSA) is 27.6 Å². The maximum atomic E-state index is 5.90. The fraction of sp³-hybridized carbons (Fsp3) is 0.211. The van der Waals surface area contributed by atoms with Crippen LogP contribution in [0.5, 0.6) is 0 Å². The van der Waals surface area contributed by atoms with Crippen molar-refractivity contribution in [2.45, 2.75) is 6.42 Å². The smallest absolute Gasteiger partial charge is 0.0620 e. The monoisotopic (exact) mass is 327 g/mol. The number of hydrogen-bond donors (Lipinski definition) is 1. The highest BCUT2D eigenvalue weighted by atomic mass is 35.5. The van der Waals surface area contributed by atoms with Crippen LogP contribution in [-0.2, 0) is 0 Å². The van der Waals surface area contributed by atoms with Gasteiger partial charge in [0.15, 0.2) is 0 Å². The number of benzene rings is 2. The maximum absolute atomic E-state index is 5.90. The van der Waals surface area contributed by atoms with E-state index in [2.05, 4.69) is 53.8 Å². The summed E-state index contributed by atoms with van der Waals surface area (Å²) in [7, 11) is 4.12. The minimum atomic E-state index is 0.719. The van der Waals surface area contributed by atoms with E-state index < -0.39 is 0 Å². The molecule has 0 bridgehead atoms. The lowest BCUT2D eigenvalue weighted by Gasteiger charge is -2.09. The summed E-state index contributed by atoms with van der Waals surface area (Å²) in [6.45, 7) is 0.945. The molecule has 4 heteroatoms. The van der Waals surface area contributed by atoms with Gasteiger partial charge in [-0.25, -0.2) is 0 Å². The van der Waals surface area contributed by atoms with Gasteiger partial charge in [0.25, 0.3) is 0 Å². The molecule has 0 aromatic heterocycles. The zero-order valence-corrected chi connectivity index (χ0v) is 14.3. The van der Waals surface area contributed by atoms with Crippen LogP contribution in [0.25, 0.3) is 6.08 Å². The molecule has 0 fully saturated rings. The van der Waals surface area contributed by atoms with Crippen molar-refractivity contribution in [2.24, 2.45) is 5.10 Å². The minimum absolute atomic E-state index is 0.719. The minimum Gasteiger partial charge on any atom is -0.309 e. The van der Waals surface area contributed by atoms with E-state index in [-0.39, 0.29) is 0 Å². The molecule has 0 saturated carbocycles. The highest BCUT2D eigenvalue weighted by Gasteiger charge is 1.98. The lowest BCUT2D eigenvalue weighted by atomic mass is 10.1. The van der Waals surface area contributed by atoms with Crippen LogP contribution in [0.15, 0.2) is 65.8 Å². The van der Waals surface area contributed by atoms with E-state index in [1.165, 1.54) is 0 Å². The van der Waals surface area contributed by atoms with Crippen LogP contribution >= 0.6 is 11.6 Å². The Hall–Kier alpha value is -2.10. The molecule has 0 aliphatic rings. The summed E-state index contributed by atoms with van der Waals surface area (Å²) < 4.78 is 0. The number of hydrogen-bond acceptors (Lipinski definition) is 3. The summed E-state index contributed by atoms with van der Waals surface area (Å²) in [5.41, 5.74) is 6.17. The van der Waals surface area contributed by atoms with Crippen LogP contribution in [0.3, 0.4) is 0 Å². The van der Waals surface area contributed by atoms with Gasteiger partial charge < -0.3 is 4.90 Å². The van der Waals surface area contributed by atoms with E-state index in [9.17, 15) is 0 Å². The molecular formula is C19H22ClN3. The average Bonchev–Trinajstić information content (AvgIpc) is 2.56. The predicted octanol–water partition coefficient (Wildman–Crippen LogP) is 4.77. The van der Waals surface area contributed by atoms with Gasteiger partial charge in [0.2, 0.25) is 0 Å². The van der Waals surface area contributed by atoms with E-state index in [1.807, 2.05) is 42.5 Å². The number of allylic oxidation sites excluding steroid dienone is 1. The zero-order chi connectivity index (χ0) is 16.5. The number of nitrogens with one attached hydrogen (secondary N) is 1. The number of hydrazone groups is 1. The van der Waals surface area contributed by atoms with Crippen molar-refractivity contribution < 1.29 is 0 Å². The first-order valence-corrected chi connectivity index (χ1v) is 7.97. The van der Waals surface area contributed by atoms with Gasteiger partial charge in [-0.2, -0.15) is 5.10 Å². The Labute approximate surface area is 143 Å². The second-order valence-electron chi connectivity index (χ2n) is 5.52. The van der Waals surface area contributed by atoms with Gasteiger partial charge in [-0.05, 0) is 50.0 Å². The first-order valence-electron chi connectivity index (χ1n) is 7.59. The Kier molecular flexibility index (Phi) is 6.85. The molecule has 0 spiro atoms. The average molecular weight is 328 g/mol. The molecule has 0 saturated heterocycles. The fourth-order valence-electron chi connectivity index (χ4n) is 1.93. The standard InChI is InChI=1S/C19H22ClN3/c1-23(2)15-14-19(11-8-16-6-4-3-5-7-16)22-21-18-12-9-17(20)10-13-18/h3-13,21H,14-15H2,1-2H3. The lowest BCUT2D eigenvalue weighted by molar-refractivity contribution is 0.422. The van der Waals surface area contributed by atoms with Crippen LogP contribution in [-0.4, -0.2) is 31.3 Å². The van der Waals surface area contributed by atoms with E-state index in [0.29, 0.717) is 0 Å². The maximum Gasteiger partial charge on any atom is 0.0620 e. The lowest BCUT2D eigenvalue weighted by Crippen LogP contribution is -2.16. The number of halogens is 1. The molecular weight excluding hydrogens is 306 g/mol. The second kappa shape index (κ2) is 9.13. The Morgan fingerprint density at radius 3 is 2.43 bits per heavy atom. The molecule has 0 radical (unpaired) electrons. The molecule has 2 aromatic rings. The summed E-state index contributed by atoms with van der Waals surface area (Å²) in [5.74, 6) is 0. The Bertz CT molecular complexity index is 646. The molecule has 120 valence electrons. The largest absolute Gasteiger partial charge is 0.309 e. The van der Waals surface area contributed by atoms with Crippen molar-refractivity contribution in [3.63, 3.8) is 0 Å². The number of anilines is 1. The third kappa shape index (κ3) is 6.68. The summed E-state index contributed by atoms with van der Waals surface area (Å²) in [6, 6.07) is 17.7. The third-order valence-electron chi connectivity index (χ3n) is 3.26. The van der Waals surface area contributed by atoms with Crippen LogP contribution in [0.1, 0.15) is 12.0 Å². The first-order chi connectivity index (χ1) is 11.1. The highest BCUT2D eigenvalue weighted by Crippen LogP contribution is 2.13. The van der Waals surface area contributed by atoms with Crippen LogP contribution in [0.2, 0.25) is 5.02 Å². The van der Waals surface area contributed by atoms with Gasteiger partial charge in [0.1, 0.15) is 0 Å².